The van der Waals surface area contributed by atoms with Crippen LogP contribution in [0.2, 0.25) is 0 Å². The largest absolute Gasteiger partial charge is 0.336 e. The van der Waals surface area contributed by atoms with Crippen LogP contribution in [0.4, 0.5) is 4.39 Å². The molecule has 0 N–H and O–H groups in total. The lowest BCUT2D eigenvalue weighted by Crippen LogP contribution is -2.35. The maximum absolute atomic E-state index is 13.8. The van der Waals surface area contributed by atoms with Gasteiger partial charge in [-0.1, -0.05) is 29.5 Å². The van der Waals surface area contributed by atoms with Gasteiger partial charge in [0.25, 0.3) is 5.91 Å². The van der Waals surface area contributed by atoms with Crippen LogP contribution in [0.15, 0.2) is 48.0 Å². The summed E-state index contributed by atoms with van der Waals surface area (Å²) < 4.78 is 15.3. The Kier molecular flexibility index (Phi) is 5.78. The third-order valence-corrected chi connectivity index (χ3v) is 5.74. The Morgan fingerprint density at radius 2 is 1.96 bits per heavy atom. The Bertz CT molecular complexity index is 926. The van der Waals surface area contributed by atoms with Gasteiger partial charge in [-0.3, -0.25) is 9.69 Å². The van der Waals surface area contributed by atoms with E-state index in [4.69, 9.17) is 0 Å². The van der Waals surface area contributed by atoms with Crippen molar-refractivity contribution in [3.8, 4) is 0 Å². The van der Waals surface area contributed by atoms with Crippen LogP contribution >= 0.6 is 11.3 Å². The first-order valence-electron chi connectivity index (χ1n) is 9.36. The van der Waals surface area contributed by atoms with E-state index in [-0.39, 0.29) is 18.3 Å². The predicted octanol–water partition coefficient (Wildman–Crippen LogP) is 2.88. The van der Waals surface area contributed by atoms with Crippen LogP contribution in [0.1, 0.15) is 27.3 Å². The average Bonchev–Trinajstić information content (AvgIpc) is 3.32. The highest BCUT2D eigenvalue weighted by molar-refractivity contribution is 7.09. The zero-order valence-electron chi connectivity index (χ0n) is 15.5. The summed E-state index contributed by atoms with van der Waals surface area (Å²) in [5.74, 6) is -0.401. The number of hydrogen-bond acceptors (Lipinski definition) is 5. The Labute approximate surface area is 167 Å². The third-order valence-electron chi connectivity index (χ3n) is 4.88. The molecular weight excluding hydrogens is 377 g/mol. The molecule has 0 radical (unpaired) electrons. The summed E-state index contributed by atoms with van der Waals surface area (Å²) in [6.45, 7) is 4.37. The van der Waals surface area contributed by atoms with Gasteiger partial charge in [0.15, 0.2) is 5.69 Å². The van der Waals surface area contributed by atoms with E-state index in [1.165, 1.54) is 15.6 Å². The first-order chi connectivity index (χ1) is 13.7. The van der Waals surface area contributed by atoms with Crippen molar-refractivity contribution in [3.05, 3.63) is 69.9 Å². The van der Waals surface area contributed by atoms with Crippen molar-refractivity contribution in [3.63, 3.8) is 0 Å². The van der Waals surface area contributed by atoms with E-state index < -0.39 is 0 Å². The summed E-state index contributed by atoms with van der Waals surface area (Å²) in [5, 5.41) is 10.1. The molecule has 146 valence electrons. The molecule has 1 amide bonds. The second kappa shape index (κ2) is 8.62. The monoisotopic (exact) mass is 399 g/mol. The molecule has 1 aromatic carbocycles. The highest BCUT2D eigenvalue weighted by Gasteiger charge is 2.22. The first-order valence-corrected chi connectivity index (χ1v) is 10.2. The molecule has 0 aliphatic carbocycles. The molecule has 4 rings (SSSR count). The van der Waals surface area contributed by atoms with E-state index >= 15 is 0 Å². The van der Waals surface area contributed by atoms with Gasteiger partial charge in [-0.2, -0.15) is 0 Å². The molecule has 0 saturated carbocycles. The Morgan fingerprint density at radius 3 is 2.79 bits per heavy atom. The van der Waals surface area contributed by atoms with Crippen LogP contribution in [-0.4, -0.2) is 56.9 Å². The van der Waals surface area contributed by atoms with E-state index in [1.807, 2.05) is 4.90 Å². The number of carbonyl (C=O) groups is 1. The summed E-state index contributed by atoms with van der Waals surface area (Å²) in [4.78, 5) is 18.4. The zero-order valence-corrected chi connectivity index (χ0v) is 16.3. The minimum absolute atomic E-state index is 0.113. The lowest BCUT2D eigenvalue weighted by molar-refractivity contribution is 0.0755. The van der Waals surface area contributed by atoms with Gasteiger partial charge in [0.05, 0.1) is 12.7 Å². The van der Waals surface area contributed by atoms with E-state index in [2.05, 4.69) is 32.7 Å². The number of hydrogen-bond donors (Lipinski definition) is 0. The Morgan fingerprint density at radius 1 is 1.07 bits per heavy atom. The predicted molar refractivity (Wildman–Crippen MR) is 106 cm³/mol. The van der Waals surface area contributed by atoms with Crippen LogP contribution in [0.3, 0.4) is 0 Å². The fraction of sp³-hybridized carbons (Fsp3) is 0.350. The highest BCUT2D eigenvalue weighted by atomic mass is 32.1. The van der Waals surface area contributed by atoms with Gasteiger partial charge in [0.1, 0.15) is 5.82 Å². The molecule has 0 spiro atoms. The topological polar surface area (TPSA) is 54.3 Å². The van der Waals surface area contributed by atoms with Crippen molar-refractivity contribution in [2.75, 3.05) is 26.2 Å². The molecule has 0 bridgehead atoms. The van der Waals surface area contributed by atoms with Crippen molar-refractivity contribution in [1.82, 2.24) is 24.8 Å². The summed E-state index contributed by atoms with van der Waals surface area (Å²) >= 11 is 1.76. The second-order valence-corrected chi connectivity index (χ2v) is 7.93. The quantitative estimate of drug-likeness (QED) is 0.662. The standard InChI is InChI=1S/C20H22FN5OS/c21-18-7-2-1-5-16(18)13-26-15-19(22-23-26)20(27)25-9-4-8-24(10-11-25)14-17-6-3-12-28-17/h1-3,5-7,12,15H,4,8-11,13-14H2. The Hall–Kier alpha value is -2.58. The van der Waals surface area contributed by atoms with Gasteiger partial charge in [0, 0.05) is 43.2 Å². The molecule has 1 aliphatic heterocycles. The molecule has 3 heterocycles. The van der Waals surface area contributed by atoms with Crippen molar-refractivity contribution in [2.45, 2.75) is 19.5 Å². The minimum atomic E-state index is -0.288. The first kappa shape index (κ1) is 18.8. The van der Waals surface area contributed by atoms with Crippen molar-refractivity contribution >= 4 is 17.2 Å². The average molecular weight is 399 g/mol. The number of halogens is 1. The molecule has 1 fully saturated rings. The molecule has 3 aromatic rings. The van der Waals surface area contributed by atoms with Crippen LogP contribution in [-0.2, 0) is 13.1 Å². The smallest absolute Gasteiger partial charge is 0.276 e. The maximum Gasteiger partial charge on any atom is 0.276 e. The van der Waals surface area contributed by atoms with Gasteiger partial charge in [-0.05, 0) is 23.9 Å². The number of rotatable bonds is 5. The van der Waals surface area contributed by atoms with Gasteiger partial charge in [0.2, 0.25) is 0 Å². The summed E-state index contributed by atoms with van der Waals surface area (Å²) in [5.41, 5.74) is 0.827. The van der Waals surface area contributed by atoms with Crippen LogP contribution < -0.4 is 0 Å². The van der Waals surface area contributed by atoms with Crippen molar-refractivity contribution < 1.29 is 9.18 Å². The van der Waals surface area contributed by atoms with Crippen LogP contribution in [0.25, 0.3) is 0 Å². The third kappa shape index (κ3) is 4.45. The normalized spacial score (nSPS) is 15.5. The lowest BCUT2D eigenvalue weighted by atomic mass is 10.2. The minimum Gasteiger partial charge on any atom is -0.336 e. The molecular formula is C20H22FN5OS. The van der Waals surface area contributed by atoms with Gasteiger partial charge < -0.3 is 4.90 Å². The fourth-order valence-electron chi connectivity index (χ4n) is 3.39. The van der Waals surface area contributed by atoms with Gasteiger partial charge in [-0.15, -0.1) is 16.4 Å². The van der Waals surface area contributed by atoms with E-state index in [0.29, 0.717) is 24.3 Å². The zero-order chi connectivity index (χ0) is 19.3. The number of aromatic nitrogens is 3. The van der Waals surface area contributed by atoms with Crippen molar-refractivity contribution in [1.29, 1.82) is 0 Å². The number of nitrogens with zero attached hydrogens (tertiary/aromatic N) is 5. The molecule has 1 aliphatic rings. The lowest BCUT2D eigenvalue weighted by Gasteiger charge is -2.20. The number of amides is 1. The Balaban J connectivity index is 1.36. The summed E-state index contributed by atoms with van der Waals surface area (Å²) in [6.07, 6.45) is 2.53. The van der Waals surface area contributed by atoms with E-state index in [1.54, 1.807) is 35.7 Å². The van der Waals surface area contributed by atoms with E-state index in [9.17, 15) is 9.18 Å². The highest BCUT2D eigenvalue weighted by Crippen LogP contribution is 2.15. The van der Waals surface area contributed by atoms with Crippen molar-refractivity contribution in [2.24, 2.45) is 0 Å². The summed E-state index contributed by atoms with van der Waals surface area (Å²) in [7, 11) is 0. The maximum atomic E-state index is 13.8. The van der Waals surface area contributed by atoms with Crippen LogP contribution in [0, 0.1) is 5.82 Å². The molecule has 8 heteroatoms. The molecule has 0 unspecified atom stereocenters. The molecule has 0 atom stereocenters. The summed E-state index contributed by atoms with van der Waals surface area (Å²) in [6, 6.07) is 10.8. The number of carbonyl (C=O) groups excluding carboxylic acids is 1. The number of benzene rings is 1. The molecule has 6 nitrogen and oxygen atoms in total. The SMILES string of the molecule is O=C(c1cn(Cc2ccccc2F)nn1)N1CCCN(Cc2cccs2)CC1. The van der Waals surface area contributed by atoms with E-state index in [0.717, 1.165) is 26.1 Å². The van der Waals surface area contributed by atoms with Gasteiger partial charge in [-0.25, -0.2) is 9.07 Å². The second-order valence-electron chi connectivity index (χ2n) is 6.89. The van der Waals surface area contributed by atoms with Gasteiger partial charge >= 0.3 is 0 Å². The molecule has 2 aromatic heterocycles. The fourth-order valence-corrected chi connectivity index (χ4v) is 4.14. The molecule has 28 heavy (non-hydrogen) atoms. The molecule has 1 saturated heterocycles. The van der Waals surface area contributed by atoms with Crippen LogP contribution in [0.5, 0.6) is 0 Å². The number of thiophene rings is 1.